The minimum absolute atomic E-state index is 0.224. The van der Waals surface area contributed by atoms with Crippen LogP contribution in [0.15, 0.2) is 18.2 Å². The van der Waals surface area contributed by atoms with Gasteiger partial charge in [0.15, 0.2) is 0 Å². The maximum atomic E-state index is 9.97. The Balaban J connectivity index is 2.39. The number of thiol groups is 1. The number of fused-ring (bicyclic) bond motifs is 1. The minimum atomic E-state index is -0.356. The van der Waals surface area contributed by atoms with Crippen molar-refractivity contribution in [2.45, 2.75) is 24.8 Å². The van der Waals surface area contributed by atoms with Crippen molar-refractivity contribution < 1.29 is 5.11 Å². The van der Waals surface area contributed by atoms with Gasteiger partial charge >= 0.3 is 0 Å². The lowest BCUT2D eigenvalue weighted by atomic mass is 9.95. The summed E-state index contributed by atoms with van der Waals surface area (Å²) in [6.07, 6.45) is -0.356. The standard InChI is InChI=1S/C12H17NOS/c1-8(15)9-3-4-10-6-13(2)7-12(14)11(10)5-9/h3-5,8,12,14-15H,6-7H2,1-2H3. The van der Waals surface area contributed by atoms with Crippen LogP contribution in [0.2, 0.25) is 0 Å². The number of likely N-dealkylation sites (N-methyl/N-ethyl adjacent to an activating group) is 1. The van der Waals surface area contributed by atoms with Crippen molar-refractivity contribution in [1.82, 2.24) is 4.90 Å². The van der Waals surface area contributed by atoms with Crippen LogP contribution in [0.25, 0.3) is 0 Å². The van der Waals surface area contributed by atoms with Gasteiger partial charge in [-0.1, -0.05) is 18.2 Å². The highest BCUT2D eigenvalue weighted by Gasteiger charge is 2.21. The summed E-state index contributed by atoms with van der Waals surface area (Å²) in [7, 11) is 2.03. The van der Waals surface area contributed by atoms with Gasteiger partial charge in [-0.25, -0.2) is 0 Å². The molecule has 1 aromatic rings. The van der Waals surface area contributed by atoms with E-state index in [4.69, 9.17) is 0 Å². The number of aliphatic hydroxyl groups is 1. The van der Waals surface area contributed by atoms with Crippen LogP contribution in [-0.4, -0.2) is 23.6 Å². The fourth-order valence-corrected chi connectivity index (χ4v) is 2.24. The van der Waals surface area contributed by atoms with E-state index in [1.807, 2.05) is 14.0 Å². The lowest BCUT2D eigenvalue weighted by molar-refractivity contribution is 0.108. The zero-order valence-electron chi connectivity index (χ0n) is 9.14. The van der Waals surface area contributed by atoms with E-state index >= 15 is 0 Å². The maximum Gasteiger partial charge on any atom is 0.0920 e. The van der Waals surface area contributed by atoms with Crippen molar-refractivity contribution in [1.29, 1.82) is 0 Å². The number of benzene rings is 1. The van der Waals surface area contributed by atoms with Gasteiger partial charge in [0.1, 0.15) is 0 Å². The molecule has 0 spiro atoms. The molecular formula is C12H17NOS. The predicted molar refractivity (Wildman–Crippen MR) is 65.1 cm³/mol. The fourth-order valence-electron chi connectivity index (χ4n) is 2.08. The molecule has 1 aliphatic rings. The van der Waals surface area contributed by atoms with E-state index in [-0.39, 0.29) is 11.4 Å². The Hall–Kier alpha value is -0.510. The SMILES string of the molecule is CC(S)c1ccc2c(c1)C(O)CN(C)C2. The van der Waals surface area contributed by atoms with Crippen LogP contribution < -0.4 is 0 Å². The molecule has 3 heteroatoms. The van der Waals surface area contributed by atoms with E-state index in [0.717, 1.165) is 18.7 Å². The average Bonchev–Trinajstić information content (AvgIpc) is 2.16. The fraction of sp³-hybridized carbons (Fsp3) is 0.500. The highest BCUT2D eigenvalue weighted by Crippen LogP contribution is 2.29. The normalized spacial score (nSPS) is 23.6. The van der Waals surface area contributed by atoms with Gasteiger partial charge in [-0.2, -0.15) is 12.6 Å². The number of aliphatic hydroxyl groups excluding tert-OH is 1. The van der Waals surface area contributed by atoms with Gasteiger partial charge in [-0.3, -0.25) is 4.90 Å². The van der Waals surface area contributed by atoms with E-state index in [0.29, 0.717) is 0 Å². The Morgan fingerprint density at radius 3 is 2.93 bits per heavy atom. The van der Waals surface area contributed by atoms with Gasteiger partial charge < -0.3 is 5.11 Å². The lowest BCUT2D eigenvalue weighted by Gasteiger charge is -2.29. The molecule has 0 radical (unpaired) electrons. The second kappa shape index (κ2) is 4.16. The molecule has 0 bridgehead atoms. The minimum Gasteiger partial charge on any atom is -0.387 e. The van der Waals surface area contributed by atoms with Gasteiger partial charge in [0.2, 0.25) is 0 Å². The average molecular weight is 223 g/mol. The second-order valence-electron chi connectivity index (χ2n) is 4.35. The molecule has 82 valence electrons. The summed E-state index contributed by atoms with van der Waals surface area (Å²) in [5, 5.41) is 10.2. The quantitative estimate of drug-likeness (QED) is 0.713. The Kier molecular flexibility index (Phi) is 3.05. The van der Waals surface area contributed by atoms with Crippen LogP contribution in [0.1, 0.15) is 35.0 Å². The largest absolute Gasteiger partial charge is 0.387 e. The summed E-state index contributed by atoms with van der Waals surface area (Å²) < 4.78 is 0. The Morgan fingerprint density at radius 2 is 2.27 bits per heavy atom. The van der Waals surface area contributed by atoms with Crippen molar-refractivity contribution in [3.63, 3.8) is 0 Å². The summed E-state index contributed by atoms with van der Waals surface area (Å²) in [6.45, 7) is 3.69. The highest BCUT2D eigenvalue weighted by molar-refractivity contribution is 7.80. The Labute approximate surface area is 96.3 Å². The third-order valence-electron chi connectivity index (χ3n) is 2.94. The van der Waals surface area contributed by atoms with Gasteiger partial charge in [0, 0.05) is 18.3 Å². The van der Waals surface area contributed by atoms with Crippen LogP contribution >= 0.6 is 12.6 Å². The first-order chi connectivity index (χ1) is 7.08. The Morgan fingerprint density at radius 1 is 1.53 bits per heavy atom. The summed E-state index contributed by atoms with van der Waals surface area (Å²) >= 11 is 4.41. The maximum absolute atomic E-state index is 9.97. The van der Waals surface area contributed by atoms with Gasteiger partial charge in [0.05, 0.1) is 6.10 Å². The summed E-state index contributed by atoms with van der Waals surface area (Å²) in [6, 6.07) is 6.29. The van der Waals surface area contributed by atoms with Crippen molar-refractivity contribution in [2.75, 3.05) is 13.6 Å². The number of hydrogen-bond acceptors (Lipinski definition) is 3. The highest BCUT2D eigenvalue weighted by atomic mass is 32.1. The molecule has 0 aliphatic carbocycles. The number of hydrogen-bond donors (Lipinski definition) is 2. The second-order valence-corrected chi connectivity index (χ2v) is 5.12. The zero-order chi connectivity index (χ0) is 11.0. The van der Waals surface area contributed by atoms with E-state index < -0.39 is 0 Å². The molecule has 2 rings (SSSR count). The zero-order valence-corrected chi connectivity index (χ0v) is 10.0. The number of β-amino-alcohol motifs (C(OH)–C–C–N with tert-alkyl or cyclic N) is 1. The molecule has 1 heterocycles. The summed E-state index contributed by atoms with van der Waals surface area (Å²) in [4.78, 5) is 2.14. The molecule has 2 unspecified atom stereocenters. The van der Waals surface area contributed by atoms with E-state index in [2.05, 4.69) is 35.7 Å². The van der Waals surface area contributed by atoms with Crippen LogP contribution in [0.5, 0.6) is 0 Å². The van der Waals surface area contributed by atoms with Crippen LogP contribution in [0.3, 0.4) is 0 Å². The molecule has 0 fully saturated rings. The van der Waals surface area contributed by atoms with Crippen LogP contribution in [0.4, 0.5) is 0 Å². The topological polar surface area (TPSA) is 23.5 Å². The van der Waals surface area contributed by atoms with E-state index in [1.165, 1.54) is 11.1 Å². The predicted octanol–water partition coefficient (Wildman–Crippen LogP) is 2.16. The van der Waals surface area contributed by atoms with Gasteiger partial charge in [-0.15, -0.1) is 0 Å². The molecule has 1 aromatic carbocycles. The molecule has 1 aliphatic heterocycles. The van der Waals surface area contributed by atoms with Crippen molar-refractivity contribution in [3.8, 4) is 0 Å². The first-order valence-electron chi connectivity index (χ1n) is 5.25. The molecule has 0 saturated carbocycles. The molecule has 0 aromatic heterocycles. The van der Waals surface area contributed by atoms with Gasteiger partial charge in [-0.05, 0) is 30.7 Å². The molecule has 0 saturated heterocycles. The van der Waals surface area contributed by atoms with Crippen molar-refractivity contribution in [2.24, 2.45) is 0 Å². The van der Waals surface area contributed by atoms with E-state index in [9.17, 15) is 5.11 Å². The number of nitrogens with zero attached hydrogens (tertiary/aromatic N) is 1. The van der Waals surface area contributed by atoms with Crippen LogP contribution in [-0.2, 0) is 6.54 Å². The molecule has 1 N–H and O–H groups in total. The van der Waals surface area contributed by atoms with Gasteiger partial charge in [0.25, 0.3) is 0 Å². The van der Waals surface area contributed by atoms with Crippen molar-refractivity contribution in [3.05, 3.63) is 34.9 Å². The lowest BCUT2D eigenvalue weighted by Crippen LogP contribution is -2.30. The van der Waals surface area contributed by atoms with Crippen molar-refractivity contribution >= 4 is 12.6 Å². The molecule has 2 atom stereocenters. The first kappa shape index (κ1) is 11.0. The molecule has 15 heavy (non-hydrogen) atoms. The third kappa shape index (κ3) is 2.19. The smallest absolute Gasteiger partial charge is 0.0920 e. The molecule has 0 amide bonds. The third-order valence-corrected chi connectivity index (χ3v) is 3.23. The van der Waals surface area contributed by atoms with E-state index in [1.54, 1.807) is 0 Å². The first-order valence-corrected chi connectivity index (χ1v) is 5.77. The Bertz CT molecular complexity index is 365. The molecule has 2 nitrogen and oxygen atoms in total. The van der Waals surface area contributed by atoms with Crippen LogP contribution in [0, 0.1) is 0 Å². The summed E-state index contributed by atoms with van der Waals surface area (Å²) in [5.74, 6) is 0. The molecular weight excluding hydrogens is 206 g/mol. The summed E-state index contributed by atoms with van der Waals surface area (Å²) in [5.41, 5.74) is 3.49. The monoisotopic (exact) mass is 223 g/mol. The number of rotatable bonds is 1.